The summed E-state index contributed by atoms with van der Waals surface area (Å²) < 4.78 is 14.1. The van der Waals surface area contributed by atoms with Gasteiger partial charge in [-0.3, -0.25) is 9.36 Å². The van der Waals surface area contributed by atoms with Crippen LogP contribution in [0.15, 0.2) is 30.3 Å². The molecule has 0 aliphatic carbocycles. The number of Topliss-reactive ketones (excluding diaryl/α,β-unsaturated/α-hetero) is 1. The van der Waals surface area contributed by atoms with Crippen LogP contribution in [0.1, 0.15) is 16.8 Å². The first kappa shape index (κ1) is 20.2. The highest BCUT2D eigenvalue weighted by atomic mass is 35.6. The lowest BCUT2D eigenvalue weighted by molar-refractivity contribution is 0.0970. The van der Waals surface area contributed by atoms with Crippen molar-refractivity contribution in [2.75, 3.05) is 6.61 Å². The maximum atomic E-state index is 12.0. The summed E-state index contributed by atoms with van der Waals surface area (Å²) in [5.74, 6) is -2.31. The molecule has 0 radical (unpaired) electrons. The van der Waals surface area contributed by atoms with Crippen molar-refractivity contribution in [3.05, 3.63) is 35.9 Å². The Morgan fingerprint density at radius 2 is 1.78 bits per heavy atom. The number of carbonyl (C=O) groups excluding carboxylic acids is 2. The number of benzene rings is 1. The fourth-order valence-corrected chi connectivity index (χ4v) is 2.34. The molecule has 0 heterocycles. The van der Waals surface area contributed by atoms with Gasteiger partial charge < -0.3 is 19.8 Å². The molecule has 0 aromatic heterocycles. The lowest BCUT2D eigenvalue weighted by atomic mass is 10.1. The molecule has 0 aliphatic rings. The Hall–Kier alpha value is -0.820. The van der Waals surface area contributed by atoms with Crippen LogP contribution in [0.4, 0.5) is 4.79 Å². The molecular formula is C12H13Cl3NO6P. The van der Waals surface area contributed by atoms with Crippen LogP contribution in [0.3, 0.4) is 0 Å². The normalized spacial score (nSPS) is 13.3. The smallest absolute Gasteiger partial charge is 0.408 e. The van der Waals surface area contributed by atoms with E-state index in [0.717, 1.165) is 0 Å². The van der Waals surface area contributed by atoms with E-state index in [1.165, 1.54) is 12.1 Å². The first-order valence-electron chi connectivity index (χ1n) is 6.12. The number of nitrogens with one attached hydrogen (secondary N) is 1. The van der Waals surface area contributed by atoms with Crippen LogP contribution in [-0.4, -0.2) is 37.8 Å². The molecule has 1 aromatic carbocycles. The zero-order chi connectivity index (χ0) is 17.7. The molecular weight excluding hydrogens is 391 g/mol. The summed E-state index contributed by atoms with van der Waals surface area (Å²) in [6.07, 6.45) is -1.83. The van der Waals surface area contributed by atoms with E-state index in [9.17, 15) is 23.9 Å². The highest BCUT2D eigenvalue weighted by Gasteiger charge is 2.34. The molecule has 1 unspecified atom stereocenters. The van der Waals surface area contributed by atoms with Crippen molar-refractivity contribution in [2.24, 2.45) is 0 Å². The fourth-order valence-electron chi connectivity index (χ4n) is 1.50. The summed E-state index contributed by atoms with van der Waals surface area (Å²) >= 11 is 16.2. The van der Waals surface area contributed by atoms with Gasteiger partial charge in [0.1, 0.15) is 12.4 Å². The minimum absolute atomic E-state index is 0.252. The maximum absolute atomic E-state index is 12.0. The molecule has 0 fully saturated rings. The molecule has 3 N–H and O–H groups in total. The summed E-state index contributed by atoms with van der Waals surface area (Å²) in [5, 5.41) is 1.91. The van der Waals surface area contributed by atoms with Gasteiger partial charge in [-0.15, -0.1) is 0 Å². The number of hydrogen-bond donors (Lipinski definition) is 3. The van der Waals surface area contributed by atoms with E-state index in [4.69, 9.17) is 34.8 Å². The van der Waals surface area contributed by atoms with Crippen LogP contribution in [0.2, 0.25) is 0 Å². The van der Waals surface area contributed by atoms with Gasteiger partial charge in [-0.2, -0.15) is 0 Å². The summed E-state index contributed by atoms with van der Waals surface area (Å²) in [6.45, 7) is -0.621. The largest absolute Gasteiger partial charge is 0.445 e. The van der Waals surface area contributed by atoms with E-state index in [1.54, 1.807) is 18.2 Å². The third-order valence-electron chi connectivity index (χ3n) is 2.53. The molecule has 0 saturated heterocycles. The van der Waals surface area contributed by atoms with Crippen molar-refractivity contribution < 1.29 is 28.7 Å². The predicted molar refractivity (Wildman–Crippen MR) is 86.0 cm³/mol. The molecule has 0 aliphatic heterocycles. The average molecular weight is 405 g/mol. The highest BCUT2D eigenvalue weighted by molar-refractivity contribution is 7.52. The molecule has 0 spiro atoms. The number of alkyl carbamates (subject to hydrolysis) is 1. The molecule has 1 rings (SSSR count). The molecule has 0 saturated carbocycles. The number of hydrogen-bond acceptors (Lipinski definition) is 4. The van der Waals surface area contributed by atoms with Gasteiger partial charge in [-0.1, -0.05) is 65.1 Å². The van der Waals surface area contributed by atoms with Gasteiger partial charge in [0.05, 0.1) is 0 Å². The molecule has 1 amide bonds. The number of ether oxygens (including phenoxy) is 1. The first-order chi connectivity index (χ1) is 10.5. The Kier molecular flexibility index (Phi) is 7.32. The number of alkyl halides is 3. The van der Waals surface area contributed by atoms with Gasteiger partial charge in [-0.05, 0) is 0 Å². The Labute approximate surface area is 147 Å². The van der Waals surface area contributed by atoms with E-state index < -0.39 is 42.1 Å². The minimum Gasteiger partial charge on any atom is -0.445 e. The quantitative estimate of drug-likeness (QED) is 0.382. The van der Waals surface area contributed by atoms with Crippen LogP contribution >= 0.6 is 42.4 Å². The minimum atomic E-state index is -4.80. The van der Waals surface area contributed by atoms with Crippen molar-refractivity contribution in [2.45, 2.75) is 16.0 Å². The molecule has 23 heavy (non-hydrogen) atoms. The standard InChI is InChI=1S/C12H13Cl3NO6P/c13-12(14,15)7-22-11(18)16-10(23(19,20)21)6-9(17)8-4-2-1-3-5-8/h1-5,10H,6-7H2,(H,16,18)(H2,19,20,21). The van der Waals surface area contributed by atoms with Crippen LogP contribution in [0, 0.1) is 0 Å². The number of ketones is 1. The predicted octanol–water partition coefficient (Wildman–Crippen LogP) is 2.86. The number of carbonyl (C=O) groups is 2. The number of amides is 1. The van der Waals surface area contributed by atoms with E-state index in [2.05, 4.69) is 4.74 Å². The van der Waals surface area contributed by atoms with Crippen LogP contribution in [0.5, 0.6) is 0 Å². The molecule has 0 bridgehead atoms. The summed E-state index contributed by atoms with van der Waals surface area (Å²) in [6, 6.07) is 7.86. The van der Waals surface area contributed by atoms with Crippen molar-refractivity contribution in [1.29, 1.82) is 0 Å². The molecule has 11 heteroatoms. The average Bonchev–Trinajstić information content (AvgIpc) is 2.43. The lowest BCUT2D eigenvalue weighted by Crippen LogP contribution is -2.38. The Morgan fingerprint density at radius 1 is 1.22 bits per heavy atom. The zero-order valence-electron chi connectivity index (χ0n) is 11.5. The number of halogens is 3. The van der Waals surface area contributed by atoms with E-state index in [1.807, 2.05) is 5.32 Å². The summed E-state index contributed by atoms with van der Waals surface area (Å²) in [5.41, 5.74) is 0.252. The molecule has 1 aromatic rings. The maximum Gasteiger partial charge on any atom is 0.408 e. The van der Waals surface area contributed by atoms with Gasteiger partial charge in [-0.25, -0.2) is 4.79 Å². The van der Waals surface area contributed by atoms with Crippen LogP contribution < -0.4 is 5.32 Å². The lowest BCUT2D eigenvalue weighted by Gasteiger charge is -2.20. The molecule has 7 nitrogen and oxygen atoms in total. The van der Waals surface area contributed by atoms with Gasteiger partial charge in [0.2, 0.25) is 3.79 Å². The topological polar surface area (TPSA) is 113 Å². The van der Waals surface area contributed by atoms with Gasteiger partial charge in [0.25, 0.3) is 0 Å². The van der Waals surface area contributed by atoms with Crippen molar-refractivity contribution in [1.82, 2.24) is 5.32 Å². The zero-order valence-corrected chi connectivity index (χ0v) is 14.6. The second kappa shape index (κ2) is 8.33. The molecule has 1 atom stereocenters. The summed E-state index contributed by atoms with van der Waals surface area (Å²) in [7, 11) is -4.80. The Balaban J connectivity index is 2.73. The third kappa shape index (κ3) is 8.01. The van der Waals surface area contributed by atoms with Crippen LogP contribution in [0.25, 0.3) is 0 Å². The molecule has 128 valence electrons. The van der Waals surface area contributed by atoms with E-state index in [-0.39, 0.29) is 5.56 Å². The van der Waals surface area contributed by atoms with Gasteiger partial charge in [0, 0.05) is 12.0 Å². The van der Waals surface area contributed by atoms with Crippen molar-refractivity contribution in [3.63, 3.8) is 0 Å². The van der Waals surface area contributed by atoms with Gasteiger partial charge in [0.15, 0.2) is 5.78 Å². The number of rotatable bonds is 6. The fraction of sp³-hybridized carbons (Fsp3) is 0.333. The third-order valence-corrected chi connectivity index (χ3v) is 3.98. The highest BCUT2D eigenvalue weighted by Crippen LogP contribution is 2.41. The van der Waals surface area contributed by atoms with E-state index >= 15 is 0 Å². The van der Waals surface area contributed by atoms with Gasteiger partial charge >= 0.3 is 13.7 Å². The van der Waals surface area contributed by atoms with Crippen LogP contribution in [-0.2, 0) is 9.30 Å². The van der Waals surface area contributed by atoms with Crippen molar-refractivity contribution >= 4 is 54.3 Å². The monoisotopic (exact) mass is 403 g/mol. The Bertz CT molecular complexity index is 601. The van der Waals surface area contributed by atoms with E-state index in [0.29, 0.717) is 0 Å². The Morgan fingerprint density at radius 3 is 2.26 bits per heavy atom. The van der Waals surface area contributed by atoms with Crippen molar-refractivity contribution in [3.8, 4) is 0 Å². The second-order valence-electron chi connectivity index (χ2n) is 4.43. The first-order valence-corrected chi connectivity index (χ1v) is 8.94. The SMILES string of the molecule is O=C(NC(CC(=O)c1ccccc1)P(=O)(O)O)OCC(Cl)(Cl)Cl. The summed E-state index contributed by atoms with van der Waals surface area (Å²) in [4.78, 5) is 42.0. The second-order valence-corrected chi connectivity index (χ2v) is 8.75.